The number of thioether (sulfide) groups is 1. The molecule has 0 saturated carbocycles. The highest BCUT2D eigenvalue weighted by Crippen LogP contribution is 2.13. The van der Waals surface area contributed by atoms with Gasteiger partial charge in [0.25, 0.3) is 0 Å². The molecule has 1 aromatic rings. The maximum atomic E-state index is 3.81. The Morgan fingerprint density at radius 3 is 2.50 bits per heavy atom. The molecule has 0 aliphatic carbocycles. The zero-order valence-electron chi connectivity index (χ0n) is 7.55. The molecule has 1 rings (SSSR count). The minimum Gasteiger partial charge on any atom is -0.157 e. The summed E-state index contributed by atoms with van der Waals surface area (Å²) < 4.78 is 0. The molecule has 1 aromatic carbocycles. The molecule has 0 aromatic heterocycles. The second-order valence-electron chi connectivity index (χ2n) is 2.89. The van der Waals surface area contributed by atoms with Crippen molar-refractivity contribution in [3.63, 3.8) is 0 Å². The monoisotopic (exact) mass is 179 g/mol. The molecule has 1 heteroatoms. The zero-order chi connectivity index (χ0) is 8.81. The summed E-state index contributed by atoms with van der Waals surface area (Å²) in [7, 11) is 0. The summed E-state index contributed by atoms with van der Waals surface area (Å²) >= 11 is 1.95. The molecule has 0 nitrogen and oxygen atoms in total. The Kier molecular flexibility index (Phi) is 4.23. The Morgan fingerprint density at radius 1 is 1.25 bits per heavy atom. The Labute approximate surface area is 79.4 Å². The molecule has 0 bridgehead atoms. The lowest BCUT2D eigenvalue weighted by atomic mass is 10.2. The molecule has 12 heavy (non-hydrogen) atoms. The first-order valence-electron chi connectivity index (χ1n) is 4.25. The maximum Gasteiger partial charge on any atom is 0.0184 e. The Bertz CT molecular complexity index is 213. The molecule has 1 radical (unpaired) electrons. The first-order valence-corrected chi connectivity index (χ1v) is 5.41. The average molecular weight is 179 g/mol. The fourth-order valence-electron chi connectivity index (χ4n) is 0.976. The van der Waals surface area contributed by atoms with Crippen LogP contribution in [0.1, 0.15) is 17.5 Å². The summed E-state index contributed by atoms with van der Waals surface area (Å²) in [5.41, 5.74) is 2.75. The minimum absolute atomic E-state index is 1.02. The highest BCUT2D eigenvalue weighted by molar-refractivity contribution is 7.98. The third kappa shape index (κ3) is 3.31. The summed E-state index contributed by atoms with van der Waals surface area (Å²) in [5, 5.41) is 0. The van der Waals surface area contributed by atoms with Crippen molar-refractivity contribution in [1.82, 2.24) is 0 Å². The van der Waals surface area contributed by atoms with E-state index in [-0.39, 0.29) is 0 Å². The van der Waals surface area contributed by atoms with Crippen molar-refractivity contribution in [2.24, 2.45) is 0 Å². The zero-order valence-corrected chi connectivity index (χ0v) is 8.36. The van der Waals surface area contributed by atoms with Crippen LogP contribution < -0.4 is 0 Å². The first kappa shape index (κ1) is 9.66. The van der Waals surface area contributed by atoms with Gasteiger partial charge in [-0.3, -0.25) is 0 Å². The van der Waals surface area contributed by atoms with Crippen LogP contribution in [0.15, 0.2) is 24.3 Å². The number of benzene rings is 1. The number of aryl methyl sites for hydroxylation is 1. The maximum absolute atomic E-state index is 3.81. The van der Waals surface area contributed by atoms with Crippen LogP contribution in [0, 0.1) is 13.8 Å². The van der Waals surface area contributed by atoms with E-state index in [1.807, 2.05) is 11.8 Å². The molecule has 0 atom stereocenters. The highest BCUT2D eigenvalue weighted by atomic mass is 32.2. The molecule has 0 aliphatic rings. The Balaban J connectivity index is 2.37. The van der Waals surface area contributed by atoms with E-state index in [0.29, 0.717) is 0 Å². The van der Waals surface area contributed by atoms with E-state index in [4.69, 9.17) is 0 Å². The van der Waals surface area contributed by atoms with Crippen LogP contribution in [0.4, 0.5) is 0 Å². The van der Waals surface area contributed by atoms with Crippen molar-refractivity contribution in [3.8, 4) is 0 Å². The van der Waals surface area contributed by atoms with Crippen molar-refractivity contribution in [2.45, 2.75) is 19.1 Å². The molecule has 0 amide bonds. The van der Waals surface area contributed by atoms with Crippen LogP contribution in [0.2, 0.25) is 0 Å². The van der Waals surface area contributed by atoms with E-state index in [1.165, 1.54) is 11.1 Å². The summed E-state index contributed by atoms with van der Waals surface area (Å²) in [6, 6.07) is 8.73. The quantitative estimate of drug-likeness (QED) is 0.638. The van der Waals surface area contributed by atoms with Gasteiger partial charge >= 0.3 is 0 Å². The summed E-state index contributed by atoms with van der Waals surface area (Å²) in [5.74, 6) is 2.28. The van der Waals surface area contributed by atoms with Crippen LogP contribution in [0.5, 0.6) is 0 Å². The number of hydrogen-bond donors (Lipinski definition) is 0. The van der Waals surface area contributed by atoms with Crippen molar-refractivity contribution in [3.05, 3.63) is 42.3 Å². The molecule has 0 N–H and O–H groups in total. The normalized spacial score (nSPS) is 10.2. The van der Waals surface area contributed by atoms with Crippen molar-refractivity contribution >= 4 is 11.8 Å². The second-order valence-corrected chi connectivity index (χ2v) is 4.00. The predicted molar refractivity (Wildman–Crippen MR) is 57.3 cm³/mol. The van der Waals surface area contributed by atoms with Crippen LogP contribution >= 0.6 is 11.8 Å². The Morgan fingerprint density at radius 2 is 1.92 bits per heavy atom. The van der Waals surface area contributed by atoms with E-state index >= 15 is 0 Å². The lowest BCUT2D eigenvalue weighted by molar-refractivity contribution is 1.24. The molecule has 0 unspecified atom stereocenters. The van der Waals surface area contributed by atoms with E-state index < -0.39 is 0 Å². The van der Waals surface area contributed by atoms with Gasteiger partial charge in [0.15, 0.2) is 0 Å². The van der Waals surface area contributed by atoms with Crippen LogP contribution in [0.25, 0.3) is 0 Å². The molecule has 0 heterocycles. The average Bonchev–Trinajstić information content (AvgIpc) is 2.09. The number of hydrogen-bond acceptors (Lipinski definition) is 1. The summed E-state index contributed by atoms with van der Waals surface area (Å²) in [6.07, 6.45) is 1.02. The van der Waals surface area contributed by atoms with Crippen molar-refractivity contribution in [2.75, 3.05) is 5.75 Å². The topological polar surface area (TPSA) is 0 Å². The second kappa shape index (κ2) is 5.26. The van der Waals surface area contributed by atoms with Gasteiger partial charge in [0.2, 0.25) is 0 Å². The van der Waals surface area contributed by atoms with E-state index in [9.17, 15) is 0 Å². The van der Waals surface area contributed by atoms with Gasteiger partial charge < -0.3 is 0 Å². The molecular formula is C11H15S. The van der Waals surface area contributed by atoms with E-state index in [0.717, 1.165) is 17.9 Å². The fraction of sp³-hybridized carbons (Fsp3) is 0.364. The Hall–Kier alpha value is -0.430. The van der Waals surface area contributed by atoms with Gasteiger partial charge in [-0.2, -0.15) is 11.8 Å². The molecule has 0 fully saturated rings. The van der Waals surface area contributed by atoms with Crippen molar-refractivity contribution < 1.29 is 0 Å². The summed E-state index contributed by atoms with van der Waals surface area (Å²) in [4.78, 5) is 0. The van der Waals surface area contributed by atoms with Crippen LogP contribution in [-0.4, -0.2) is 5.75 Å². The minimum atomic E-state index is 1.02. The highest BCUT2D eigenvalue weighted by Gasteiger charge is 1.91. The summed E-state index contributed by atoms with van der Waals surface area (Å²) in [6.45, 7) is 5.93. The molecule has 0 aliphatic heterocycles. The van der Waals surface area contributed by atoms with Gasteiger partial charge in [0.1, 0.15) is 0 Å². The lowest BCUT2D eigenvalue weighted by Gasteiger charge is -2.00. The van der Waals surface area contributed by atoms with Gasteiger partial charge in [-0.1, -0.05) is 36.8 Å². The molecule has 0 saturated heterocycles. The van der Waals surface area contributed by atoms with Crippen LogP contribution in [-0.2, 0) is 5.75 Å². The molecular weight excluding hydrogens is 164 g/mol. The third-order valence-electron chi connectivity index (χ3n) is 1.68. The third-order valence-corrected chi connectivity index (χ3v) is 2.79. The van der Waals surface area contributed by atoms with Gasteiger partial charge in [-0.15, -0.1) is 0 Å². The molecule has 0 spiro atoms. The van der Waals surface area contributed by atoms with Gasteiger partial charge in [0, 0.05) is 5.75 Å². The smallest absolute Gasteiger partial charge is 0.0184 e. The SMILES string of the molecule is [CH2]CCSCc1ccc(C)cc1. The van der Waals surface area contributed by atoms with Gasteiger partial charge in [0.05, 0.1) is 0 Å². The van der Waals surface area contributed by atoms with Crippen LogP contribution in [0.3, 0.4) is 0 Å². The predicted octanol–water partition coefficient (Wildman–Crippen LogP) is 3.45. The largest absolute Gasteiger partial charge is 0.157 e. The lowest BCUT2D eigenvalue weighted by Crippen LogP contribution is -1.82. The standard InChI is InChI=1S/C11H15S/c1-3-8-12-9-11-6-4-10(2)5-7-11/h4-7H,1,3,8-9H2,2H3. The fourth-order valence-corrected chi connectivity index (χ4v) is 1.75. The number of rotatable bonds is 4. The first-order chi connectivity index (χ1) is 5.83. The van der Waals surface area contributed by atoms with E-state index in [2.05, 4.69) is 38.1 Å². The van der Waals surface area contributed by atoms with Crippen molar-refractivity contribution in [1.29, 1.82) is 0 Å². The van der Waals surface area contributed by atoms with Gasteiger partial charge in [-0.25, -0.2) is 0 Å². The van der Waals surface area contributed by atoms with E-state index in [1.54, 1.807) is 0 Å². The molecule has 65 valence electrons. The van der Waals surface area contributed by atoms with Gasteiger partial charge in [-0.05, 0) is 24.7 Å².